The summed E-state index contributed by atoms with van der Waals surface area (Å²) in [7, 11) is 0. The van der Waals surface area contributed by atoms with E-state index < -0.39 is 5.60 Å². The summed E-state index contributed by atoms with van der Waals surface area (Å²) in [5, 5.41) is 8.75. The summed E-state index contributed by atoms with van der Waals surface area (Å²) < 4.78 is 0. The molecule has 1 rings (SSSR count). The second kappa shape index (κ2) is 3.95. The lowest BCUT2D eigenvalue weighted by Crippen LogP contribution is -2.19. The average molecular weight is 192 g/mol. The van der Waals surface area contributed by atoms with Crippen LogP contribution in [0.4, 0.5) is 0 Å². The van der Waals surface area contributed by atoms with Gasteiger partial charge in [0.15, 0.2) is 0 Å². The van der Waals surface area contributed by atoms with Gasteiger partial charge in [0.05, 0.1) is 0 Å². The normalized spacial score (nSPS) is 11.4. The van der Waals surface area contributed by atoms with Gasteiger partial charge in [-0.25, -0.2) is 4.89 Å². The Morgan fingerprint density at radius 1 is 1.43 bits per heavy atom. The van der Waals surface area contributed by atoms with Crippen molar-refractivity contribution in [2.45, 2.75) is 26.4 Å². The Hall–Kier alpha value is -1.12. The number of benzene rings is 1. The van der Waals surface area contributed by atoms with Crippen molar-refractivity contribution in [3.8, 4) is 0 Å². The molecule has 0 aliphatic carbocycles. The molecule has 0 spiro atoms. The molecule has 1 aromatic rings. The first-order valence-electron chi connectivity index (χ1n) is 4.56. The molecule has 76 valence electrons. The summed E-state index contributed by atoms with van der Waals surface area (Å²) in [6, 6.07) is 7.81. The smallest absolute Gasteiger partial charge is 0.123 e. The highest BCUT2D eigenvalue weighted by Crippen LogP contribution is 2.25. The molecule has 1 aromatic carbocycles. The minimum atomic E-state index is -0.675. The molecular weight excluding hydrogens is 176 g/mol. The van der Waals surface area contributed by atoms with E-state index in [0.29, 0.717) is 0 Å². The van der Waals surface area contributed by atoms with E-state index in [1.165, 1.54) is 0 Å². The molecule has 0 unspecified atom stereocenters. The molecule has 2 nitrogen and oxygen atoms in total. The molecule has 0 radical (unpaired) electrons. The molecule has 1 N–H and O–H groups in total. The zero-order chi connectivity index (χ0) is 10.8. The summed E-state index contributed by atoms with van der Waals surface area (Å²) in [5.74, 6) is 0. The van der Waals surface area contributed by atoms with Gasteiger partial charge in [0.25, 0.3) is 0 Å². The number of hydrogen-bond acceptors (Lipinski definition) is 2. The summed E-state index contributed by atoms with van der Waals surface area (Å²) >= 11 is 0. The van der Waals surface area contributed by atoms with Crippen LogP contribution in [-0.2, 0) is 10.5 Å². The molecule has 2 heteroatoms. The molecule has 0 saturated heterocycles. The Morgan fingerprint density at radius 2 is 2.07 bits per heavy atom. The lowest BCUT2D eigenvalue weighted by molar-refractivity contribution is -0.318. The number of rotatable bonds is 3. The third-order valence-corrected chi connectivity index (χ3v) is 2.28. The van der Waals surface area contributed by atoms with E-state index in [9.17, 15) is 0 Å². The Balaban J connectivity index is 3.12. The maximum absolute atomic E-state index is 8.75. The van der Waals surface area contributed by atoms with Crippen molar-refractivity contribution in [1.82, 2.24) is 0 Å². The van der Waals surface area contributed by atoms with Crippen LogP contribution in [0.1, 0.15) is 31.9 Å². The fraction of sp³-hybridized carbons (Fsp3) is 0.333. The third-order valence-electron chi connectivity index (χ3n) is 2.28. The average Bonchev–Trinajstić information content (AvgIpc) is 2.18. The SMILES string of the molecule is C=C(C)c1cccc(C(C)(C)OO)c1. The summed E-state index contributed by atoms with van der Waals surface area (Å²) in [6.07, 6.45) is 0. The first-order valence-corrected chi connectivity index (χ1v) is 4.56. The second-order valence-corrected chi connectivity index (χ2v) is 3.96. The number of allylic oxidation sites excluding steroid dienone is 1. The highest BCUT2D eigenvalue weighted by Gasteiger charge is 2.21. The van der Waals surface area contributed by atoms with Crippen molar-refractivity contribution in [1.29, 1.82) is 0 Å². The van der Waals surface area contributed by atoms with Crippen molar-refractivity contribution < 1.29 is 10.1 Å². The van der Waals surface area contributed by atoms with Crippen molar-refractivity contribution in [2.24, 2.45) is 0 Å². The van der Waals surface area contributed by atoms with Crippen LogP contribution in [0.5, 0.6) is 0 Å². The van der Waals surface area contributed by atoms with Gasteiger partial charge in [0.1, 0.15) is 5.60 Å². The Labute approximate surface area is 84.8 Å². The van der Waals surface area contributed by atoms with Gasteiger partial charge in [-0.05, 0) is 38.0 Å². The molecule has 0 aliphatic heterocycles. The summed E-state index contributed by atoms with van der Waals surface area (Å²) in [4.78, 5) is 4.43. The molecule has 0 aliphatic rings. The minimum absolute atomic E-state index is 0.675. The molecule has 0 saturated carbocycles. The monoisotopic (exact) mass is 192 g/mol. The molecule has 0 amide bonds. The number of hydrogen-bond donors (Lipinski definition) is 1. The van der Waals surface area contributed by atoms with Gasteiger partial charge >= 0.3 is 0 Å². The van der Waals surface area contributed by atoms with Crippen molar-refractivity contribution in [3.63, 3.8) is 0 Å². The highest BCUT2D eigenvalue weighted by atomic mass is 17.1. The van der Waals surface area contributed by atoms with E-state index in [4.69, 9.17) is 5.26 Å². The first kappa shape index (κ1) is 11.0. The van der Waals surface area contributed by atoms with Gasteiger partial charge in [-0.2, -0.15) is 0 Å². The highest BCUT2D eigenvalue weighted by molar-refractivity contribution is 5.62. The van der Waals surface area contributed by atoms with Crippen molar-refractivity contribution in [2.75, 3.05) is 0 Å². The third kappa shape index (κ3) is 2.22. The van der Waals surface area contributed by atoms with Gasteiger partial charge in [0, 0.05) is 0 Å². The largest absolute Gasteiger partial charge is 0.251 e. The van der Waals surface area contributed by atoms with Gasteiger partial charge in [0.2, 0.25) is 0 Å². The Kier molecular flexibility index (Phi) is 3.09. The van der Waals surface area contributed by atoms with E-state index >= 15 is 0 Å². The van der Waals surface area contributed by atoms with Crippen LogP contribution >= 0.6 is 0 Å². The second-order valence-electron chi connectivity index (χ2n) is 3.96. The molecule has 14 heavy (non-hydrogen) atoms. The van der Waals surface area contributed by atoms with E-state index in [0.717, 1.165) is 16.7 Å². The lowest BCUT2D eigenvalue weighted by atomic mass is 9.95. The van der Waals surface area contributed by atoms with E-state index in [1.807, 2.05) is 45.0 Å². The van der Waals surface area contributed by atoms with Crippen molar-refractivity contribution in [3.05, 3.63) is 42.0 Å². The van der Waals surface area contributed by atoms with Crippen molar-refractivity contribution >= 4 is 5.57 Å². The van der Waals surface area contributed by atoms with Crippen LogP contribution in [-0.4, -0.2) is 5.26 Å². The molecule has 0 fully saturated rings. The topological polar surface area (TPSA) is 29.5 Å². The molecule has 0 bridgehead atoms. The summed E-state index contributed by atoms with van der Waals surface area (Å²) in [5.41, 5.74) is 2.32. The quantitative estimate of drug-likeness (QED) is 0.587. The maximum atomic E-state index is 8.75. The fourth-order valence-corrected chi connectivity index (χ4v) is 1.21. The van der Waals surface area contributed by atoms with Gasteiger partial charge in [-0.3, -0.25) is 5.26 Å². The summed E-state index contributed by atoms with van der Waals surface area (Å²) in [6.45, 7) is 9.44. The molecule has 0 heterocycles. The predicted molar refractivity (Wildman–Crippen MR) is 57.9 cm³/mol. The first-order chi connectivity index (χ1) is 6.47. The standard InChI is InChI=1S/C12H16O2/c1-9(2)10-6-5-7-11(8-10)12(3,4)14-13/h5-8,13H,1H2,2-4H3. The van der Waals surface area contributed by atoms with Crippen LogP contribution in [0.25, 0.3) is 5.57 Å². The fourth-order valence-electron chi connectivity index (χ4n) is 1.21. The Morgan fingerprint density at radius 3 is 2.57 bits per heavy atom. The maximum Gasteiger partial charge on any atom is 0.123 e. The van der Waals surface area contributed by atoms with E-state index in [-0.39, 0.29) is 0 Å². The molecular formula is C12H16O2. The predicted octanol–water partition coefficient (Wildman–Crippen LogP) is 3.44. The van der Waals surface area contributed by atoms with E-state index in [1.54, 1.807) is 0 Å². The van der Waals surface area contributed by atoms with Gasteiger partial charge in [-0.1, -0.05) is 30.4 Å². The van der Waals surface area contributed by atoms with Crippen LogP contribution in [0.2, 0.25) is 0 Å². The van der Waals surface area contributed by atoms with Crippen LogP contribution in [0.3, 0.4) is 0 Å². The molecule has 0 atom stereocenters. The van der Waals surface area contributed by atoms with Gasteiger partial charge in [-0.15, -0.1) is 0 Å². The van der Waals surface area contributed by atoms with Crippen LogP contribution in [0.15, 0.2) is 30.8 Å². The lowest BCUT2D eigenvalue weighted by Gasteiger charge is -2.21. The molecule has 0 aromatic heterocycles. The van der Waals surface area contributed by atoms with E-state index in [2.05, 4.69) is 11.5 Å². The van der Waals surface area contributed by atoms with Gasteiger partial charge < -0.3 is 0 Å². The zero-order valence-electron chi connectivity index (χ0n) is 8.87. The van der Waals surface area contributed by atoms with Crippen LogP contribution in [0, 0.1) is 0 Å². The van der Waals surface area contributed by atoms with Crippen LogP contribution < -0.4 is 0 Å². The zero-order valence-corrected chi connectivity index (χ0v) is 8.87. The Bertz CT molecular complexity index is 340. The minimum Gasteiger partial charge on any atom is -0.251 e.